The van der Waals surface area contributed by atoms with E-state index in [-0.39, 0.29) is 24.0 Å². The van der Waals surface area contributed by atoms with Gasteiger partial charge in [-0.15, -0.1) is 11.3 Å². The van der Waals surface area contributed by atoms with E-state index in [0.717, 1.165) is 36.3 Å². The minimum absolute atomic E-state index is 0.137. The maximum Gasteiger partial charge on any atom is 0.321 e. The Balaban J connectivity index is 1.67. The quantitative estimate of drug-likeness (QED) is 0.863. The summed E-state index contributed by atoms with van der Waals surface area (Å²) in [6.45, 7) is 6.69. The molecule has 0 spiro atoms. The number of carbonyl (C=O) groups is 2. The highest BCUT2D eigenvalue weighted by atomic mass is 32.1. The molecule has 0 aliphatic carbocycles. The number of rotatable bonds is 3. The van der Waals surface area contributed by atoms with Crippen LogP contribution in [0.15, 0.2) is 24.3 Å². The Morgan fingerprint density at radius 2 is 2.04 bits per heavy atom. The molecule has 2 N–H and O–H groups in total. The minimum Gasteiger partial charge on any atom is -0.333 e. The van der Waals surface area contributed by atoms with E-state index in [0.29, 0.717) is 0 Å². The van der Waals surface area contributed by atoms with Crippen LogP contribution in [0, 0.1) is 0 Å². The Hall–Kier alpha value is -1.99. The van der Waals surface area contributed by atoms with Crippen LogP contribution >= 0.6 is 11.3 Å². The minimum atomic E-state index is -0.448. The molecular weight excluding hydrogens is 348 g/mol. The number of urea groups is 1. The number of aromatic nitrogens is 1. The first-order valence-corrected chi connectivity index (χ1v) is 9.85. The van der Waals surface area contributed by atoms with Crippen molar-refractivity contribution in [3.63, 3.8) is 0 Å². The van der Waals surface area contributed by atoms with Crippen molar-refractivity contribution in [1.29, 1.82) is 0 Å². The van der Waals surface area contributed by atoms with Gasteiger partial charge in [-0.2, -0.15) is 0 Å². The average molecular weight is 375 g/mol. The summed E-state index contributed by atoms with van der Waals surface area (Å²) in [6.07, 6.45) is 3.17. The molecule has 1 saturated heterocycles. The number of imide groups is 1. The lowest BCUT2D eigenvalue weighted by Gasteiger charge is -2.33. The summed E-state index contributed by atoms with van der Waals surface area (Å²) in [6, 6.07) is 7.79. The number of benzene rings is 1. The number of para-hydroxylation sites is 1. The number of nitrogens with zero attached hydrogens (tertiary/aromatic N) is 2. The number of carbonyl (C=O) groups excluding carboxylic acids is 2. The third-order valence-electron chi connectivity index (χ3n) is 4.30. The summed E-state index contributed by atoms with van der Waals surface area (Å²) in [4.78, 5) is 31.1. The molecule has 0 bridgehead atoms. The van der Waals surface area contributed by atoms with Crippen molar-refractivity contribution in [3.05, 3.63) is 29.3 Å². The van der Waals surface area contributed by atoms with Crippen LogP contribution in [0.3, 0.4) is 0 Å². The summed E-state index contributed by atoms with van der Waals surface area (Å²) < 4.78 is 1.17. The molecule has 3 amide bonds. The van der Waals surface area contributed by atoms with Crippen LogP contribution in [0.25, 0.3) is 10.2 Å². The lowest BCUT2D eigenvalue weighted by atomic mass is 10.0. The first kappa shape index (κ1) is 18.8. The first-order valence-electron chi connectivity index (χ1n) is 9.03. The zero-order chi connectivity index (χ0) is 18.7. The van der Waals surface area contributed by atoms with Crippen LogP contribution in [-0.4, -0.2) is 40.5 Å². The van der Waals surface area contributed by atoms with Gasteiger partial charge in [0.2, 0.25) is 5.91 Å². The molecule has 1 aliphatic rings. The van der Waals surface area contributed by atoms with Gasteiger partial charge in [0.25, 0.3) is 0 Å². The van der Waals surface area contributed by atoms with Gasteiger partial charge in [-0.05, 0) is 52.3 Å². The average Bonchev–Trinajstić information content (AvgIpc) is 2.97. The predicted molar refractivity (Wildman–Crippen MR) is 104 cm³/mol. The number of fused-ring (bicyclic) bond motifs is 1. The molecule has 0 unspecified atom stereocenters. The zero-order valence-corrected chi connectivity index (χ0v) is 16.4. The van der Waals surface area contributed by atoms with E-state index in [1.807, 2.05) is 39.0 Å². The fourth-order valence-corrected chi connectivity index (χ4v) is 4.35. The van der Waals surface area contributed by atoms with Crippen LogP contribution in [0.4, 0.5) is 4.79 Å². The molecule has 26 heavy (non-hydrogen) atoms. The number of piperidine rings is 1. The Kier molecular flexibility index (Phi) is 5.58. The maximum absolute atomic E-state index is 12.3. The molecule has 7 heteroatoms. The second-order valence-electron chi connectivity index (χ2n) is 7.75. The molecule has 140 valence electrons. The standard InChI is InChI=1S/C19H26N4O2S/c1-19(2,3)22-18(25)21-16(24)12-23-11-7-6-9-14(23)17-20-13-8-4-5-10-15(13)26-17/h4-5,8,10,14H,6-7,9,11-12H2,1-3H3,(H2,21,22,24,25)/t14-/m1/s1. The van der Waals surface area contributed by atoms with Crippen LogP contribution in [0.5, 0.6) is 0 Å². The lowest BCUT2D eigenvalue weighted by Crippen LogP contribution is -2.51. The topological polar surface area (TPSA) is 74.3 Å². The van der Waals surface area contributed by atoms with E-state index in [9.17, 15) is 9.59 Å². The van der Waals surface area contributed by atoms with Crippen LogP contribution in [0.1, 0.15) is 51.1 Å². The fraction of sp³-hybridized carbons (Fsp3) is 0.526. The highest BCUT2D eigenvalue weighted by molar-refractivity contribution is 7.18. The number of thiazole rings is 1. The van der Waals surface area contributed by atoms with E-state index in [4.69, 9.17) is 4.98 Å². The summed E-state index contributed by atoms with van der Waals surface area (Å²) in [7, 11) is 0. The highest BCUT2D eigenvalue weighted by Gasteiger charge is 2.28. The van der Waals surface area contributed by atoms with Gasteiger partial charge in [0.15, 0.2) is 0 Å². The Labute approximate surface area is 158 Å². The highest BCUT2D eigenvalue weighted by Crippen LogP contribution is 2.35. The van der Waals surface area contributed by atoms with Gasteiger partial charge in [-0.1, -0.05) is 18.6 Å². The lowest BCUT2D eigenvalue weighted by molar-refractivity contribution is -0.122. The van der Waals surface area contributed by atoms with E-state index >= 15 is 0 Å². The summed E-state index contributed by atoms with van der Waals surface area (Å²) >= 11 is 1.69. The third kappa shape index (κ3) is 4.80. The molecule has 1 aromatic heterocycles. The summed E-state index contributed by atoms with van der Waals surface area (Å²) in [5, 5.41) is 6.24. The van der Waals surface area contributed by atoms with Gasteiger partial charge >= 0.3 is 6.03 Å². The molecular formula is C19H26N4O2S. The predicted octanol–water partition coefficient (Wildman–Crippen LogP) is 3.45. The van der Waals surface area contributed by atoms with Gasteiger partial charge in [0, 0.05) is 5.54 Å². The summed E-state index contributed by atoms with van der Waals surface area (Å²) in [5.41, 5.74) is 0.631. The van der Waals surface area contributed by atoms with E-state index in [2.05, 4.69) is 21.6 Å². The number of likely N-dealkylation sites (tertiary alicyclic amines) is 1. The monoisotopic (exact) mass is 374 g/mol. The molecule has 0 saturated carbocycles. The van der Waals surface area contributed by atoms with Gasteiger partial charge < -0.3 is 5.32 Å². The molecule has 6 nitrogen and oxygen atoms in total. The van der Waals surface area contributed by atoms with Crippen molar-refractivity contribution in [2.24, 2.45) is 0 Å². The van der Waals surface area contributed by atoms with E-state index < -0.39 is 6.03 Å². The van der Waals surface area contributed by atoms with Crippen molar-refractivity contribution < 1.29 is 9.59 Å². The van der Waals surface area contributed by atoms with Crippen molar-refractivity contribution in [3.8, 4) is 0 Å². The second-order valence-corrected chi connectivity index (χ2v) is 8.82. The molecule has 2 heterocycles. The van der Waals surface area contributed by atoms with Gasteiger partial charge in [0.05, 0.1) is 22.8 Å². The third-order valence-corrected chi connectivity index (χ3v) is 5.43. The van der Waals surface area contributed by atoms with E-state index in [1.165, 1.54) is 4.70 Å². The molecule has 1 aliphatic heterocycles. The SMILES string of the molecule is CC(C)(C)NC(=O)NC(=O)CN1CCCC[C@@H]1c1nc2ccccc2s1. The second kappa shape index (κ2) is 7.72. The van der Waals surface area contributed by atoms with Gasteiger partial charge in [-0.25, -0.2) is 9.78 Å². The first-order chi connectivity index (χ1) is 12.3. The number of hydrogen-bond acceptors (Lipinski definition) is 5. The fourth-order valence-electron chi connectivity index (χ4n) is 3.21. The molecule has 3 rings (SSSR count). The largest absolute Gasteiger partial charge is 0.333 e. The van der Waals surface area contributed by atoms with Crippen molar-refractivity contribution in [2.45, 2.75) is 51.6 Å². The molecule has 0 radical (unpaired) electrons. The normalized spacial score (nSPS) is 18.7. The Morgan fingerprint density at radius 1 is 1.27 bits per heavy atom. The number of amides is 3. The molecule has 1 atom stereocenters. The number of nitrogens with one attached hydrogen (secondary N) is 2. The molecule has 1 aromatic carbocycles. The Morgan fingerprint density at radius 3 is 2.77 bits per heavy atom. The Bertz CT molecular complexity index is 763. The van der Waals surface area contributed by atoms with Gasteiger partial charge in [0.1, 0.15) is 5.01 Å². The zero-order valence-electron chi connectivity index (χ0n) is 15.5. The van der Waals surface area contributed by atoms with Crippen LogP contribution in [0.2, 0.25) is 0 Å². The number of hydrogen-bond donors (Lipinski definition) is 2. The summed E-state index contributed by atoms with van der Waals surface area (Å²) in [5.74, 6) is -0.278. The molecule has 2 aromatic rings. The van der Waals surface area contributed by atoms with Crippen LogP contribution in [-0.2, 0) is 4.79 Å². The van der Waals surface area contributed by atoms with Crippen molar-refractivity contribution >= 4 is 33.5 Å². The van der Waals surface area contributed by atoms with Gasteiger partial charge in [-0.3, -0.25) is 15.0 Å². The van der Waals surface area contributed by atoms with Crippen LogP contribution < -0.4 is 10.6 Å². The molecule has 1 fully saturated rings. The van der Waals surface area contributed by atoms with Crippen molar-refractivity contribution in [1.82, 2.24) is 20.5 Å². The van der Waals surface area contributed by atoms with Crippen molar-refractivity contribution in [2.75, 3.05) is 13.1 Å². The van der Waals surface area contributed by atoms with E-state index in [1.54, 1.807) is 11.3 Å². The maximum atomic E-state index is 12.3. The smallest absolute Gasteiger partial charge is 0.321 e.